The number of carbonyl (C=O) groups is 1. The van der Waals surface area contributed by atoms with E-state index < -0.39 is 0 Å². The molecule has 0 unspecified atom stereocenters. The average molecular weight is 377 g/mol. The summed E-state index contributed by atoms with van der Waals surface area (Å²) in [5.74, 6) is 1.87. The van der Waals surface area contributed by atoms with Crippen LogP contribution in [0.5, 0.6) is 5.75 Å². The standard InChI is InChI=1S/C21H19N3O2S/c25-20(16-5-6-19-15(9-16)3-1-8-23-19)24-13-21(14-24)10-18(12-27-21)26-17-4-2-7-22-11-17/h1-9,11,18H,10,12-14H2/t18-/m0/s1. The summed E-state index contributed by atoms with van der Waals surface area (Å²) in [7, 11) is 0. The number of rotatable bonds is 3. The molecule has 27 heavy (non-hydrogen) atoms. The highest BCUT2D eigenvalue weighted by Crippen LogP contribution is 2.46. The summed E-state index contributed by atoms with van der Waals surface area (Å²) in [5, 5.41) is 0.999. The fourth-order valence-electron chi connectivity index (χ4n) is 3.89. The monoisotopic (exact) mass is 377 g/mol. The smallest absolute Gasteiger partial charge is 0.253 e. The molecular weight excluding hydrogens is 358 g/mol. The van der Waals surface area contributed by atoms with Gasteiger partial charge in [-0.3, -0.25) is 14.8 Å². The van der Waals surface area contributed by atoms with Crippen molar-refractivity contribution in [1.29, 1.82) is 0 Å². The first kappa shape index (κ1) is 16.6. The van der Waals surface area contributed by atoms with Crippen LogP contribution in [-0.2, 0) is 0 Å². The van der Waals surface area contributed by atoms with Gasteiger partial charge in [0.2, 0.25) is 0 Å². The van der Waals surface area contributed by atoms with Crippen molar-refractivity contribution in [3.63, 3.8) is 0 Å². The molecule has 6 heteroatoms. The fraction of sp³-hybridized carbons (Fsp3) is 0.286. The van der Waals surface area contributed by atoms with Gasteiger partial charge >= 0.3 is 0 Å². The van der Waals surface area contributed by atoms with Gasteiger partial charge in [-0.05, 0) is 36.4 Å². The molecule has 0 bridgehead atoms. The Bertz CT molecular complexity index is 989. The molecule has 0 aliphatic carbocycles. The summed E-state index contributed by atoms with van der Waals surface area (Å²) in [5.41, 5.74) is 1.65. The molecular formula is C21H19N3O2S. The van der Waals surface area contributed by atoms with E-state index >= 15 is 0 Å². The Morgan fingerprint density at radius 3 is 2.93 bits per heavy atom. The molecule has 2 aromatic heterocycles. The second kappa shape index (κ2) is 6.53. The minimum absolute atomic E-state index is 0.101. The number of benzene rings is 1. The number of carbonyl (C=O) groups excluding carboxylic acids is 1. The van der Waals surface area contributed by atoms with Crippen LogP contribution in [0.1, 0.15) is 16.8 Å². The van der Waals surface area contributed by atoms with E-state index in [1.54, 1.807) is 18.6 Å². The molecule has 1 atom stereocenters. The number of fused-ring (bicyclic) bond motifs is 1. The Hall–Kier alpha value is -2.60. The van der Waals surface area contributed by atoms with Gasteiger partial charge in [-0.25, -0.2) is 0 Å². The third-order valence-electron chi connectivity index (χ3n) is 5.21. The number of hydrogen-bond acceptors (Lipinski definition) is 5. The van der Waals surface area contributed by atoms with Crippen LogP contribution in [0.3, 0.4) is 0 Å². The van der Waals surface area contributed by atoms with Crippen molar-refractivity contribution in [2.24, 2.45) is 0 Å². The molecule has 2 aliphatic rings. The quantitative estimate of drug-likeness (QED) is 0.700. The van der Waals surface area contributed by atoms with Gasteiger partial charge in [0.25, 0.3) is 5.91 Å². The van der Waals surface area contributed by atoms with Crippen LogP contribution >= 0.6 is 11.8 Å². The Balaban J connectivity index is 1.23. The molecule has 0 N–H and O–H groups in total. The first-order valence-corrected chi connectivity index (χ1v) is 10.0. The Morgan fingerprint density at radius 2 is 2.07 bits per heavy atom. The second-order valence-corrected chi connectivity index (χ2v) is 8.69. The highest BCUT2D eigenvalue weighted by molar-refractivity contribution is 8.01. The second-order valence-electron chi connectivity index (χ2n) is 7.20. The van der Waals surface area contributed by atoms with E-state index in [2.05, 4.69) is 9.97 Å². The lowest BCUT2D eigenvalue weighted by Crippen LogP contribution is -2.60. The molecule has 5 rings (SSSR count). The molecule has 4 heterocycles. The summed E-state index contributed by atoms with van der Waals surface area (Å²) in [6.07, 6.45) is 6.42. The number of hydrogen-bond donors (Lipinski definition) is 0. The Labute approximate surface area is 161 Å². The number of thioether (sulfide) groups is 1. The van der Waals surface area contributed by atoms with Gasteiger partial charge in [-0.2, -0.15) is 0 Å². The normalized spacial score (nSPS) is 20.6. The molecule has 5 nitrogen and oxygen atoms in total. The Kier molecular flexibility index (Phi) is 4.01. The van der Waals surface area contributed by atoms with E-state index in [1.165, 1.54) is 0 Å². The third kappa shape index (κ3) is 3.14. The Morgan fingerprint density at radius 1 is 1.19 bits per heavy atom. The van der Waals surface area contributed by atoms with Crippen molar-refractivity contribution in [3.05, 3.63) is 66.6 Å². The number of nitrogens with zero attached hydrogens (tertiary/aromatic N) is 3. The fourth-order valence-corrected chi connectivity index (χ4v) is 5.42. The summed E-state index contributed by atoms with van der Waals surface area (Å²) in [6.45, 7) is 1.57. The van der Waals surface area contributed by atoms with Crippen molar-refractivity contribution >= 4 is 28.6 Å². The largest absolute Gasteiger partial charge is 0.488 e. The van der Waals surface area contributed by atoms with E-state index in [9.17, 15) is 4.79 Å². The zero-order valence-electron chi connectivity index (χ0n) is 14.7. The van der Waals surface area contributed by atoms with Gasteiger partial charge < -0.3 is 9.64 Å². The van der Waals surface area contributed by atoms with Crippen molar-refractivity contribution in [2.75, 3.05) is 18.8 Å². The lowest BCUT2D eigenvalue weighted by atomic mass is 9.92. The molecule has 3 aromatic rings. The van der Waals surface area contributed by atoms with Gasteiger partial charge in [0.05, 0.1) is 16.5 Å². The third-order valence-corrected chi connectivity index (χ3v) is 6.78. The van der Waals surface area contributed by atoms with Gasteiger partial charge in [0, 0.05) is 48.6 Å². The molecule has 1 aromatic carbocycles. The lowest BCUT2D eigenvalue weighted by molar-refractivity contribution is 0.0518. The van der Waals surface area contributed by atoms with Crippen molar-refractivity contribution in [3.8, 4) is 5.75 Å². The van der Waals surface area contributed by atoms with Gasteiger partial charge in [-0.1, -0.05) is 6.07 Å². The number of pyridine rings is 2. The summed E-state index contributed by atoms with van der Waals surface area (Å²) < 4.78 is 6.18. The van der Waals surface area contributed by atoms with E-state index in [1.807, 2.05) is 59.1 Å². The zero-order chi connectivity index (χ0) is 18.3. The van der Waals surface area contributed by atoms with E-state index in [0.717, 1.165) is 47.5 Å². The maximum Gasteiger partial charge on any atom is 0.253 e. The van der Waals surface area contributed by atoms with Crippen LogP contribution in [-0.4, -0.2) is 50.5 Å². The van der Waals surface area contributed by atoms with Crippen LogP contribution in [0.4, 0.5) is 0 Å². The van der Waals surface area contributed by atoms with Crippen LogP contribution in [0, 0.1) is 0 Å². The van der Waals surface area contributed by atoms with Crippen molar-refractivity contribution in [1.82, 2.24) is 14.9 Å². The topological polar surface area (TPSA) is 55.3 Å². The molecule has 2 fully saturated rings. The number of ether oxygens (including phenoxy) is 1. The predicted octanol–water partition coefficient (Wildman–Crippen LogP) is 3.41. The van der Waals surface area contributed by atoms with Crippen LogP contribution in [0.15, 0.2) is 61.1 Å². The lowest BCUT2D eigenvalue weighted by Gasteiger charge is -2.47. The molecule has 1 amide bonds. The molecule has 0 radical (unpaired) electrons. The highest BCUT2D eigenvalue weighted by atomic mass is 32.2. The number of amides is 1. The maximum absolute atomic E-state index is 12.8. The first-order valence-electron chi connectivity index (χ1n) is 9.06. The zero-order valence-corrected chi connectivity index (χ0v) is 15.6. The van der Waals surface area contributed by atoms with Crippen LogP contribution < -0.4 is 4.74 Å². The molecule has 136 valence electrons. The van der Waals surface area contributed by atoms with Crippen molar-refractivity contribution < 1.29 is 9.53 Å². The SMILES string of the molecule is O=C(c1ccc2ncccc2c1)N1CC2(C[C@H](Oc3cccnc3)CS2)C1. The van der Waals surface area contributed by atoms with E-state index in [0.29, 0.717) is 0 Å². The van der Waals surface area contributed by atoms with Gasteiger partial charge in [0.15, 0.2) is 0 Å². The molecule has 1 spiro atoms. The number of aromatic nitrogens is 2. The molecule has 0 saturated carbocycles. The van der Waals surface area contributed by atoms with Gasteiger partial charge in [0.1, 0.15) is 11.9 Å². The highest BCUT2D eigenvalue weighted by Gasteiger charge is 2.51. The first-order chi connectivity index (χ1) is 13.2. The summed E-state index contributed by atoms with van der Waals surface area (Å²) in [4.78, 5) is 23.2. The van der Waals surface area contributed by atoms with Crippen LogP contribution in [0.25, 0.3) is 10.9 Å². The summed E-state index contributed by atoms with van der Waals surface area (Å²) >= 11 is 1.93. The average Bonchev–Trinajstić information content (AvgIpc) is 3.11. The molecule has 2 saturated heterocycles. The minimum atomic E-state index is 0.101. The van der Waals surface area contributed by atoms with Crippen LogP contribution in [0.2, 0.25) is 0 Å². The predicted molar refractivity (Wildman–Crippen MR) is 106 cm³/mol. The van der Waals surface area contributed by atoms with E-state index in [-0.39, 0.29) is 16.8 Å². The molecule has 2 aliphatic heterocycles. The maximum atomic E-state index is 12.8. The van der Waals surface area contributed by atoms with E-state index in [4.69, 9.17) is 4.74 Å². The van der Waals surface area contributed by atoms with Crippen molar-refractivity contribution in [2.45, 2.75) is 17.3 Å². The number of likely N-dealkylation sites (tertiary alicyclic amines) is 1. The summed E-state index contributed by atoms with van der Waals surface area (Å²) in [6, 6.07) is 13.4. The minimum Gasteiger partial charge on any atom is -0.488 e. The van der Waals surface area contributed by atoms with Gasteiger partial charge in [-0.15, -0.1) is 11.8 Å².